The summed E-state index contributed by atoms with van der Waals surface area (Å²) in [7, 11) is 0. The molecule has 4 N–H and O–H groups in total. The topological polar surface area (TPSA) is 79.6 Å². The zero-order valence-corrected chi connectivity index (χ0v) is 10.4. The lowest BCUT2D eigenvalue weighted by Crippen LogP contribution is -2.43. The zero-order valence-electron chi connectivity index (χ0n) is 9.63. The maximum atomic E-state index is 11.7. The van der Waals surface area contributed by atoms with Crippen molar-refractivity contribution in [3.63, 3.8) is 0 Å². The Morgan fingerprint density at radius 2 is 2.22 bits per heavy atom. The molecule has 1 heterocycles. The second-order valence-electron chi connectivity index (χ2n) is 3.81. The minimum Gasteiger partial charge on any atom is -0.442 e. The maximum Gasteiger partial charge on any atom is 0.414 e. The number of nitrogens with two attached hydrogens (primary N) is 1. The molecule has 6 nitrogen and oxygen atoms in total. The van der Waals surface area contributed by atoms with Crippen molar-refractivity contribution in [2.45, 2.75) is 6.10 Å². The molecule has 1 aromatic carbocycles. The Morgan fingerprint density at radius 3 is 2.89 bits per heavy atom. The number of amides is 1. The van der Waals surface area contributed by atoms with E-state index in [4.69, 9.17) is 22.8 Å². The van der Waals surface area contributed by atoms with Crippen molar-refractivity contribution in [2.75, 3.05) is 18.0 Å². The number of benzene rings is 1. The van der Waals surface area contributed by atoms with Crippen molar-refractivity contribution in [1.29, 1.82) is 0 Å². The number of hydrogen-bond acceptors (Lipinski definition) is 4. The van der Waals surface area contributed by atoms with Crippen LogP contribution in [0.25, 0.3) is 0 Å². The van der Waals surface area contributed by atoms with Gasteiger partial charge in [-0.25, -0.2) is 10.6 Å². The van der Waals surface area contributed by atoms with E-state index in [-0.39, 0.29) is 12.2 Å². The number of anilines is 1. The van der Waals surface area contributed by atoms with Gasteiger partial charge in [0, 0.05) is 5.69 Å². The first kappa shape index (κ1) is 12.6. The van der Waals surface area contributed by atoms with E-state index in [1.165, 1.54) is 0 Å². The minimum absolute atomic E-state index is 0.246. The van der Waals surface area contributed by atoms with Gasteiger partial charge >= 0.3 is 6.09 Å². The van der Waals surface area contributed by atoms with Crippen LogP contribution in [0.4, 0.5) is 10.5 Å². The van der Waals surface area contributed by atoms with Gasteiger partial charge in [0.25, 0.3) is 0 Å². The normalized spacial score (nSPS) is 18.4. The van der Waals surface area contributed by atoms with Gasteiger partial charge in [-0.1, -0.05) is 18.2 Å². The third-order valence-corrected chi connectivity index (χ3v) is 2.83. The molecule has 1 aromatic rings. The molecule has 0 spiro atoms. The second-order valence-corrected chi connectivity index (χ2v) is 4.21. The van der Waals surface area contributed by atoms with Crippen LogP contribution in [-0.4, -0.2) is 30.4 Å². The quantitative estimate of drug-likeness (QED) is 0.416. The number of para-hydroxylation sites is 1. The van der Waals surface area contributed by atoms with E-state index in [9.17, 15) is 4.79 Å². The molecule has 0 aliphatic carbocycles. The van der Waals surface area contributed by atoms with Crippen molar-refractivity contribution in [1.82, 2.24) is 10.7 Å². The summed E-state index contributed by atoms with van der Waals surface area (Å²) >= 11 is 4.84. The van der Waals surface area contributed by atoms with E-state index in [2.05, 4.69) is 10.7 Å². The summed E-state index contributed by atoms with van der Waals surface area (Å²) in [6.45, 7) is 0.918. The van der Waals surface area contributed by atoms with Gasteiger partial charge < -0.3 is 15.5 Å². The average Bonchev–Trinajstić information content (AvgIpc) is 2.78. The van der Waals surface area contributed by atoms with Crippen molar-refractivity contribution < 1.29 is 9.53 Å². The Bertz CT molecular complexity index is 440. The summed E-state index contributed by atoms with van der Waals surface area (Å²) in [6, 6.07) is 9.38. The number of cyclic esters (lactones) is 1. The molecule has 1 aliphatic heterocycles. The highest BCUT2D eigenvalue weighted by molar-refractivity contribution is 7.80. The molecule has 0 unspecified atom stereocenters. The SMILES string of the molecule is NNC(=S)NC[C@H]1CN(c2ccccc2)C(=O)O1. The number of hydrazine groups is 1. The van der Waals surface area contributed by atoms with Gasteiger partial charge in [-0.2, -0.15) is 0 Å². The number of nitrogens with one attached hydrogen (secondary N) is 2. The molecule has 18 heavy (non-hydrogen) atoms. The Hall–Kier alpha value is -1.86. The summed E-state index contributed by atoms with van der Waals surface area (Å²) in [4.78, 5) is 13.3. The van der Waals surface area contributed by atoms with E-state index >= 15 is 0 Å². The Labute approximate surface area is 110 Å². The summed E-state index contributed by atoms with van der Waals surface area (Å²) in [6.07, 6.45) is -0.594. The molecule has 96 valence electrons. The standard InChI is InChI=1S/C11H14N4O2S/c12-14-10(18)13-6-9-7-15(11(16)17-9)8-4-2-1-3-5-8/h1-5,9H,6-7,12H2,(H2,13,14,18)/t9-/m0/s1. The van der Waals surface area contributed by atoms with Crippen LogP contribution in [0.1, 0.15) is 0 Å². The van der Waals surface area contributed by atoms with Crippen LogP contribution in [0, 0.1) is 0 Å². The average molecular weight is 266 g/mol. The zero-order chi connectivity index (χ0) is 13.0. The highest BCUT2D eigenvalue weighted by Crippen LogP contribution is 2.20. The molecule has 7 heteroatoms. The Balaban J connectivity index is 1.93. The van der Waals surface area contributed by atoms with Crippen LogP contribution in [-0.2, 0) is 4.74 Å². The minimum atomic E-state index is -0.348. The molecule has 1 amide bonds. The van der Waals surface area contributed by atoms with E-state index in [1.807, 2.05) is 30.3 Å². The number of hydrogen-bond donors (Lipinski definition) is 3. The molecule has 0 bridgehead atoms. The largest absolute Gasteiger partial charge is 0.442 e. The van der Waals surface area contributed by atoms with Crippen molar-refractivity contribution >= 4 is 29.1 Å². The van der Waals surface area contributed by atoms with E-state index in [1.54, 1.807) is 4.90 Å². The highest BCUT2D eigenvalue weighted by atomic mass is 32.1. The molecule has 0 saturated carbocycles. The lowest BCUT2D eigenvalue weighted by atomic mass is 10.3. The molecular weight excluding hydrogens is 252 g/mol. The fourth-order valence-corrected chi connectivity index (χ4v) is 1.79. The van der Waals surface area contributed by atoms with Gasteiger partial charge in [0.15, 0.2) is 5.11 Å². The van der Waals surface area contributed by atoms with Crippen LogP contribution in [0.5, 0.6) is 0 Å². The highest BCUT2D eigenvalue weighted by Gasteiger charge is 2.32. The molecule has 1 atom stereocenters. The van der Waals surface area contributed by atoms with Crippen LogP contribution in [0.15, 0.2) is 30.3 Å². The van der Waals surface area contributed by atoms with Gasteiger partial charge in [0.2, 0.25) is 0 Å². The van der Waals surface area contributed by atoms with E-state index < -0.39 is 0 Å². The van der Waals surface area contributed by atoms with Crippen LogP contribution in [0.3, 0.4) is 0 Å². The van der Waals surface area contributed by atoms with Crippen LogP contribution >= 0.6 is 12.2 Å². The molecule has 1 saturated heterocycles. The van der Waals surface area contributed by atoms with E-state index in [0.717, 1.165) is 5.69 Å². The summed E-state index contributed by atoms with van der Waals surface area (Å²) in [5.74, 6) is 5.13. The fraction of sp³-hybridized carbons (Fsp3) is 0.273. The number of carbonyl (C=O) groups excluding carboxylic acids is 1. The smallest absolute Gasteiger partial charge is 0.414 e. The first-order valence-corrected chi connectivity index (χ1v) is 5.89. The van der Waals surface area contributed by atoms with Gasteiger partial charge in [-0.05, 0) is 24.4 Å². The predicted molar refractivity (Wildman–Crippen MR) is 72.0 cm³/mol. The molecular formula is C11H14N4O2S. The van der Waals surface area contributed by atoms with Crippen molar-refractivity contribution in [2.24, 2.45) is 5.84 Å². The number of ether oxygens (including phenoxy) is 1. The van der Waals surface area contributed by atoms with Gasteiger partial charge in [0.1, 0.15) is 6.10 Å². The predicted octanol–water partition coefficient (Wildman–Crippen LogP) is 0.350. The number of thiocarbonyl (C=S) groups is 1. The van der Waals surface area contributed by atoms with Crippen LogP contribution in [0.2, 0.25) is 0 Å². The lowest BCUT2D eigenvalue weighted by molar-refractivity contribution is 0.143. The molecule has 2 rings (SSSR count). The summed E-state index contributed by atoms with van der Waals surface area (Å²) in [5, 5.41) is 3.18. The van der Waals surface area contributed by atoms with E-state index in [0.29, 0.717) is 18.2 Å². The third kappa shape index (κ3) is 2.88. The number of rotatable bonds is 3. The van der Waals surface area contributed by atoms with Crippen molar-refractivity contribution in [3.8, 4) is 0 Å². The molecule has 0 radical (unpaired) electrons. The first-order chi connectivity index (χ1) is 8.70. The van der Waals surface area contributed by atoms with Crippen LogP contribution < -0.4 is 21.5 Å². The first-order valence-electron chi connectivity index (χ1n) is 5.48. The summed E-state index contributed by atoms with van der Waals surface area (Å²) in [5.41, 5.74) is 3.13. The Kier molecular flexibility index (Phi) is 3.96. The monoisotopic (exact) mass is 266 g/mol. The van der Waals surface area contributed by atoms with Gasteiger partial charge in [-0.3, -0.25) is 4.90 Å². The number of carbonyl (C=O) groups is 1. The third-order valence-electron chi connectivity index (χ3n) is 2.56. The van der Waals surface area contributed by atoms with Gasteiger partial charge in [0.05, 0.1) is 13.1 Å². The molecule has 1 fully saturated rings. The number of nitrogens with zero attached hydrogens (tertiary/aromatic N) is 1. The van der Waals surface area contributed by atoms with Crippen molar-refractivity contribution in [3.05, 3.63) is 30.3 Å². The lowest BCUT2D eigenvalue weighted by Gasteiger charge is -2.13. The Morgan fingerprint density at radius 1 is 1.50 bits per heavy atom. The maximum absolute atomic E-state index is 11.7. The van der Waals surface area contributed by atoms with Gasteiger partial charge in [-0.15, -0.1) is 0 Å². The molecule has 0 aromatic heterocycles. The fourth-order valence-electron chi connectivity index (χ4n) is 1.70. The molecule has 1 aliphatic rings. The summed E-state index contributed by atoms with van der Waals surface area (Å²) < 4.78 is 5.22. The second kappa shape index (κ2) is 5.65.